The van der Waals surface area contributed by atoms with Gasteiger partial charge in [0, 0.05) is 26.1 Å². The molecule has 1 heterocycles. The van der Waals surface area contributed by atoms with Crippen molar-refractivity contribution < 1.29 is 17.9 Å². The zero-order valence-electron chi connectivity index (χ0n) is 23.0. The zero-order chi connectivity index (χ0) is 26.7. The highest BCUT2D eigenvalue weighted by Gasteiger charge is 2.26. The lowest BCUT2D eigenvalue weighted by atomic mass is 9.89. The van der Waals surface area contributed by atoms with E-state index in [1.54, 1.807) is 19.1 Å². The number of benzene rings is 1. The standard InChI is InChI=1S/C15H30N2.C12H18N2O4S/c1-16(2)11-8-14-9-12-17(13-10-14)15-6-4-3-5-7-15;1-9-8-10(18-3)4-5-11(9)19(16,17)14(2)7-6-12(13)15/h14-15H,3-13H2,1-2H3;4-5,8H,6-7H2,1-3H3,(H2,13,15). The molecule has 0 unspecified atom stereocenters. The van der Waals surface area contributed by atoms with E-state index < -0.39 is 15.9 Å². The van der Waals surface area contributed by atoms with Crippen LogP contribution in [0.25, 0.3) is 0 Å². The van der Waals surface area contributed by atoms with Gasteiger partial charge in [0.25, 0.3) is 0 Å². The summed E-state index contributed by atoms with van der Waals surface area (Å²) in [5, 5.41) is 0. The summed E-state index contributed by atoms with van der Waals surface area (Å²) in [6.45, 7) is 5.78. The van der Waals surface area contributed by atoms with Crippen molar-refractivity contribution >= 4 is 15.9 Å². The Morgan fingerprint density at radius 2 is 1.69 bits per heavy atom. The lowest BCUT2D eigenvalue weighted by molar-refractivity contribution is -0.118. The highest BCUT2D eigenvalue weighted by Crippen LogP contribution is 2.28. The number of hydrogen-bond donors (Lipinski definition) is 1. The third-order valence-corrected chi connectivity index (χ3v) is 9.49. The number of hydrogen-bond acceptors (Lipinski definition) is 6. The first-order valence-corrected chi connectivity index (χ1v) is 14.8. The Morgan fingerprint density at radius 1 is 1.06 bits per heavy atom. The van der Waals surface area contributed by atoms with Crippen molar-refractivity contribution in [3.63, 3.8) is 0 Å². The van der Waals surface area contributed by atoms with E-state index in [0.29, 0.717) is 11.3 Å². The van der Waals surface area contributed by atoms with E-state index in [1.165, 1.54) is 91.2 Å². The number of primary amides is 1. The molecule has 1 aromatic carbocycles. The van der Waals surface area contributed by atoms with Crippen LogP contribution in [-0.4, -0.2) is 88.9 Å². The Morgan fingerprint density at radius 3 is 2.22 bits per heavy atom. The average Bonchev–Trinajstić information content (AvgIpc) is 2.86. The van der Waals surface area contributed by atoms with E-state index in [9.17, 15) is 13.2 Å². The van der Waals surface area contributed by atoms with E-state index in [-0.39, 0.29) is 17.9 Å². The first-order valence-electron chi connectivity index (χ1n) is 13.3. The number of aryl methyl sites for hydroxylation is 1. The molecule has 2 aliphatic rings. The molecule has 3 rings (SSSR count). The molecule has 0 spiro atoms. The van der Waals surface area contributed by atoms with Gasteiger partial charge in [0.2, 0.25) is 15.9 Å². The number of piperidine rings is 1. The first-order chi connectivity index (χ1) is 17.0. The Labute approximate surface area is 219 Å². The molecule has 1 aliphatic heterocycles. The zero-order valence-corrected chi connectivity index (χ0v) is 23.9. The van der Waals surface area contributed by atoms with Gasteiger partial charge in [0.05, 0.1) is 12.0 Å². The number of rotatable bonds is 10. The number of likely N-dealkylation sites (tertiary alicyclic amines) is 1. The number of nitrogens with zero attached hydrogens (tertiary/aromatic N) is 3. The molecule has 1 saturated heterocycles. The normalized spacial score (nSPS) is 18.2. The van der Waals surface area contributed by atoms with Crippen LogP contribution in [-0.2, 0) is 14.8 Å². The topological polar surface area (TPSA) is 96.2 Å². The third-order valence-electron chi connectivity index (χ3n) is 7.47. The Kier molecular flexibility index (Phi) is 12.6. The molecular weight excluding hydrogens is 476 g/mol. The molecule has 2 N–H and O–H groups in total. The summed E-state index contributed by atoms with van der Waals surface area (Å²) in [7, 11) is 3.70. The molecule has 0 aromatic heterocycles. The number of sulfonamides is 1. The second kappa shape index (κ2) is 14.9. The fourth-order valence-electron chi connectivity index (χ4n) is 5.09. The van der Waals surface area contributed by atoms with E-state index >= 15 is 0 Å². The maximum Gasteiger partial charge on any atom is 0.243 e. The van der Waals surface area contributed by atoms with Crippen molar-refractivity contribution in [2.75, 3.05) is 54.4 Å². The highest BCUT2D eigenvalue weighted by atomic mass is 32.2. The van der Waals surface area contributed by atoms with Crippen molar-refractivity contribution in [2.24, 2.45) is 11.7 Å². The summed E-state index contributed by atoms with van der Waals surface area (Å²) in [5.74, 6) is 1.06. The van der Waals surface area contributed by atoms with Crippen molar-refractivity contribution in [1.29, 1.82) is 0 Å². The second-order valence-corrected chi connectivity index (χ2v) is 12.6. The van der Waals surface area contributed by atoms with Gasteiger partial charge in [-0.2, -0.15) is 0 Å². The van der Waals surface area contributed by atoms with Crippen LogP contribution in [0.4, 0.5) is 0 Å². The predicted molar refractivity (Wildman–Crippen MR) is 146 cm³/mol. The maximum absolute atomic E-state index is 12.3. The monoisotopic (exact) mass is 524 g/mol. The van der Waals surface area contributed by atoms with Crippen molar-refractivity contribution in [2.45, 2.75) is 75.6 Å². The quantitative estimate of drug-likeness (QED) is 0.503. The van der Waals surface area contributed by atoms with Crippen molar-refractivity contribution in [3.05, 3.63) is 23.8 Å². The summed E-state index contributed by atoms with van der Waals surface area (Å²) in [6, 6.07) is 5.67. The van der Waals surface area contributed by atoms with E-state index in [4.69, 9.17) is 10.5 Å². The minimum atomic E-state index is -3.62. The Balaban J connectivity index is 0.000000255. The molecule has 206 valence electrons. The van der Waals surface area contributed by atoms with Crippen LogP contribution in [0.3, 0.4) is 0 Å². The minimum absolute atomic E-state index is 0.00900. The summed E-state index contributed by atoms with van der Waals surface area (Å²) >= 11 is 0. The number of methoxy groups -OCH3 is 1. The van der Waals surface area contributed by atoms with E-state index in [1.807, 2.05) is 0 Å². The first kappa shape index (κ1) is 30.5. The molecule has 1 aliphatic carbocycles. The Bertz CT molecular complexity index is 908. The summed E-state index contributed by atoms with van der Waals surface area (Å²) < 4.78 is 30.7. The smallest absolute Gasteiger partial charge is 0.243 e. The fraction of sp³-hybridized carbons (Fsp3) is 0.741. The molecule has 1 aromatic rings. The summed E-state index contributed by atoms with van der Waals surface area (Å²) in [4.78, 5) is 16.0. The molecule has 0 bridgehead atoms. The molecule has 1 saturated carbocycles. The number of carbonyl (C=O) groups excluding carboxylic acids is 1. The number of nitrogens with two attached hydrogens (primary N) is 1. The average molecular weight is 525 g/mol. The predicted octanol–water partition coefficient (Wildman–Crippen LogP) is 3.48. The largest absolute Gasteiger partial charge is 0.497 e. The van der Waals surface area contributed by atoms with E-state index in [2.05, 4.69) is 23.9 Å². The van der Waals surface area contributed by atoms with Gasteiger partial charge in [-0.1, -0.05) is 19.3 Å². The van der Waals surface area contributed by atoms with Gasteiger partial charge in [0.1, 0.15) is 5.75 Å². The van der Waals surface area contributed by atoms with Gasteiger partial charge in [-0.25, -0.2) is 12.7 Å². The van der Waals surface area contributed by atoms with Gasteiger partial charge >= 0.3 is 0 Å². The highest BCUT2D eigenvalue weighted by molar-refractivity contribution is 7.89. The molecular formula is C27H48N4O4S. The van der Waals surface area contributed by atoms with Crippen LogP contribution in [0, 0.1) is 12.8 Å². The van der Waals surface area contributed by atoms with Gasteiger partial charge in [-0.15, -0.1) is 0 Å². The Hall–Kier alpha value is -1.68. The van der Waals surface area contributed by atoms with Gasteiger partial charge < -0.3 is 20.3 Å². The number of amides is 1. The summed E-state index contributed by atoms with van der Waals surface area (Å²) in [6.07, 6.45) is 11.7. The SMILES string of the molecule is CN(C)CCC1CCN(C2CCCCC2)CC1.COc1ccc(S(=O)(=O)N(C)CCC(N)=O)c(C)c1. The molecule has 1 amide bonds. The van der Waals surface area contributed by atoms with Crippen LogP contribution in [0.2, 0.25) is 0 Å². The van der Waals surface area contributed by atoms with E-state index in [0.717, 1.165) is 16.3 Å². The van der Waals surface area contributed by atoms with Gasteiger partial charge in [-0.3, -0.25) is 4.79 Å². The van der Waals surface area contributed by atoms with Crippen LogP contribution in [0.5, 0.6) is 5.75 Å². The van der Waals surface area contributed by atoms with Gasteiger partial charge in [0.15, 0.2) is 0 Å². The number of ether oxygens (including phenoxy) is 1. The maximum atomic E-state index is 12.3. The van der Waals surface area contributed by atoms with Crippen LogP contribution in [0.1, 0.15) is 63.4 Å². The van der Waals surface area contributed by atoms with Crippen molar-refractivity contribution in [3.8, 4) is 5.75 Å². The fourth-order valence-corrected chi connectivity index (χ4v) is 6.46. The minimum Gasteiger partial charge on any atom is -0.497 e. The summed E-state index contributed by atoms with van der Waals surface area (Å²) in [5.41, 5.74) is 5.60. The molecule has 2 fully saturated rings. The van der Waals surface area contributed by atoms with Crippen molar-refractivity contribution in [1.82, 2.24) is 14.1 Å². The number of carbonyl (C=O) groups is 1. The molecule has 0 radical (unpaired) electrons. The van der Waals surface area contributed by atoms with Crippen LogP contribution >= 0.6 is 0 Å². The lowest BCUT2D eigenvalue weighted by Crippen LogP contribution is -2.42. The molecule has 8 nitrogen and oxygen atoms in total. The lowest BCUT2D eigenvalue weighted by Gasteiger charge is -2.39. The van der Waals surface area contributed by atoms with Gasteiger partial charge in [-0.05, 0) is 102 Å². The second-order valence-electron chi connectivity index (χ2n) is 10.5. The third kappa shape index (κ3) is 9.65. The molecule has 36 heavy (non-hydrogen) atoms. The molecule has 9 heteroatoms. The molecule has 0 atom stereocenters. The van der Waals surface area contributed by atoms with Crippen LogP contribution < -0.4 is 10.5 Å². The van der Waals surface area contributed by atoms with Crippen LogP contribution in [0.15, 0.2) is 23.1 Å².